The Bertz CT molecular complexity index is 1460. The zero-order valence-corrected chi connectivity index (χ0v) is 23.2. The molecule has 2 aromatic carbocycles. The van der Waals surface area contributed by atoms with Crippen molar-refractivity contribution in [2.45, 2.75) is 55.9 Å². The van der Waals surface area contributed by atoms with Gasteiger partial charge in [-0.15, -0.1) is 0 Å². The number of nitrogens with one attached hydrogen (secondary N) is 2. The van der Waals surface area contributed by atoms with Crippen LogP contribution in [0.5, 0.6) is 6.01 Å². The normalized spacial score (nSPS) is 15.4. The lowest BCUT2D eigenvalue weighted by Gasteiger charge is -2.31. The second-order valence-electron chi connectivity index (χ2n) is 9.59. The Hall–Kier alpha value is -3.66. The van der Waals surface area contributed by atoms with E-state index in [0.29, 0.717) is 12.8 Å². The summed E-state index contributed by atoms with van der Waals surface area (Å²) in [4.78, 5) is 11.9. The number of piperidine rings is 1. The molecule has 0 unspecified atom stereocenters. The van der Waals surface area contributed by atoms with Crippen LogP contribution in [0.4, 0.5) is 43.9 Å². The first kappa shape index (κ1) is 31.3. The van der Waals surface area contributed by atoms with Gasteiger partial charge in [0.1, 0.15) is 0 Å². The topological polar surface area (TPSA) is 109 Å². The van der Waals surface area contributed by atoms with Gasteiger partial charge in [0.25, 0.3) is 0 Å². The maximum atomic E-state index is 13.1. The summed E-state index contributed by atoms with van der Waals surface area (Å²) in [6.45, 7) is 0.655. The van der Waals surface area contributed by atoms with Gasteiger partial charge in [-0.2, -0.15) is 45.6 Å². The van der Waals surface area contributed by atoms with Crippen LogP contribution in [0.3, 0.4) is 0 Å². The Morgan fingerprint density at radius 3 is 2.24 bits per heavy atom. The second-order valence-corrected chi connectivity index (χ2v) is 11.5. The van der Waals surface area contributed by atoms with Crippen molar-refractivity contribution in [2.24, 2.45) is 0 Å². The quantitative estimate of drug-likeness (QED) is 0.275. The molecule has 1 fully saturated rings. The van der Waals surface area contributed by atoms with E-state index in [1.165, 1.54) is 10.4 Å². The molecule has 0 bridgehead atoms. The van der Waals surface area contributed by atoms with Crippen molar-refractivity contribution in [1.29, 1.82) is 0 Å². The molecule has 0 atom stereocenters. The first-order valence-corrected chi connectivity index (χ1v) is 14.4. The standard InChI is InChI=1S/C26H28F6N6O3S/c1-2-4-17-7-9-21(10-8-17)42(39,40)38-13-11-19(12-14-38)33-22-35-23(37-24(36-22)41-16-25(27,28)29)34-20-6-3-5-18(15-20)26(30,31)32/h3,5-10,15,19H,2,4,11-14,16H2,1H3,(H2,33,34,35,36,37). The molecule has 16 heteroatoms. The lowest BCUT2D eigenvalue weighted by Crippen LogP contribution is -2.42. The molecule has 1 aliphatic rings. The monoisotopic (exact) mass is 618 g/mol. The van der Waals surface area contributed by atoms with Crippen molar-refractivity contribution in [1.82, 2.24) is 19.3 Å². The van der Waals surface area contributed by atoms with Crippen LogP contribution in [0.15, 0.2) is 53.4 Å². The number of hydrogen-bond acceptors (Lipinski definition) is 8. The number of rotatable bonds is 10. The average Bonchev–Trinajstić information content (AvgIpc) is 2.92. The highest BCUT2D eigenvalue weighted by Crippen LogP contribution is 2.31. The van der Waals surface area contributed by atoms with Crippen LogP contribution in [-0.2, 0) is 22.6 Å². The fourth-order valence-corrected chi connectivity index (χ4v) is 5.75. The minimum atomic E-state index is -4.69. The van der Waals surface area contributed by atoms with E-state index >= 15 is 0 Å². The molecule has 0 spiro atoms. The van der Waals surface area contributed by atoms with Gasteiger partial charge in [0.05, 0.1) is 10.5 Å². The summed E-state index contributed by atoms with van der Waals surface area (Å²) >= 11 is 0. The van der Waals surface area contributed by atoms with Crippen molar-refractivity contribution < 1.29 is 39.5 Å². The number of nitrogens with zero attached hydrogens (tertiary/aromatic N) is 4. The van der Waals surface area contributed by atoms with Gasteiger partial charge in [-0.1, -0.05) is 31.5 Å². The summed E-state index contributed by atoms with van der Waals surface area (Å²) < 4.78 is 110. The number of alkyl halides is 6. The van der Waals surface area contributed by atoms with Gasteiger partial charge in [0.15, 0.2) is 6.61 Å². The molecule has 228 valence electrons. The van der Waals surface area contributed by atoms with Crippen LogP contribution in [0, 0.1) is 0 Å². The molecule has 1 aromatic heterocycles. The van der Waals surface area contributed by atoms with Crippen LogP contribution in [0.2, 0.25) is 0 Å². The van der Waals surface area contributed by atoms with E-state index in [0.717, 1.165) is 36.6 Å². The third-order valence-electron chi connectivity index (χ3n) is 6.31. The summed E-state index contributed by atoms with van der Waals surface area (Å²) in [5, 5.41) is 5.49. The minimum absolute atomic E-state index is 0.0648. The van der Waals surface area contributed by atoms with Crippen molar-refractivity contribution in [3.63, 3.8) is 0 Å². The third-order valence-corrected chi connectivity index (χ3v) is 8.23. The van der Waals surface area contributed by atoms with E-state index < -0.39 is 40.6 Å². The number of hydrogen-bond donors (Lipinski definition) is 2. The molecule has 0 amide bonds. The molecule has 0 aliphatic carbocycles. The molecule has 0 radical (unpaired) electrons. The van der Waals surface area contributed by atoms with Gasteiger partial charge in [0, 0.05) is 24.8 Å². The van der Waals surface area contributed by atoms with Gasteiger partial charge in [0.2, 0.25) is 21.9 Å². The smallest absolute Gasteiger partial charge is 0.422 e. The Kier molecular flexibility index (Phi) is 9.45. The molecule has 3 aromatic rings. The minimum Gasteiger partial charge on any atom is -0.454 e. The van der Waals surface area contributed by atoms with Crippen LogP contribution >= 0.6 is 0 Å². The Labute approximate surface area is 238 Å². The van der Waals surface area contributed by atoms with Crippen molar-refractivity contribution >= 4 is 27.6 Å². The largest absolute Gasteiger partial charge is 0.454 e. The fourth-order valence-electron chi connectivity index (χ4n) is 4.28. The molecule has 1 aliphatic heterocycles. The highest BCUT2D eigenvalue weighted by molar-refractivity contribution is 7.89. The maximum Gasteiger partial charge on any atom is 0.422 e. The molecule has 0 saturated carbocycles. The van der Waals surface area contributed by atoms with E-state index in [1.54, 1.807) is 24.3 Å². The van der Waals surface area contributed by atoms with Crippen LogP contribution in [0.25, 0.3) is 0 Å². The van der Waals surface area contributed by atoms with E-state index in [-0.39, 0.29) is 41.6 Å². The number of ether oxygens (including phenoxy) is 1. The first-order chi connectivity index (χ1) is 19.7. The van der Waals surface area contributed by atoms with E-state index in [9.17, 15) is 34.8 Å². The zero-order valence-electron chi connectivity index (χ0n) is 22.3. The number of benzene rings is 2. The molecule has 42 heavy (non-hydrogen) atoms. The SMILES string of the molecule is CCCc1ccc(S(=O)(=O)N2CCC(Nc3nc(Nc4cccc(C(F)(F)F)c4)nc(OCC(F)(F)F)n3)CC2)cc1. The number of sulfonamides is 1. The van der Waals surface area contributed by atoms with Crippen LogP contribution in [-0.4, -0.2) is 59.6 Å². The van der Waals surface area contributed by atoms with Gasteiger partial charge >= 0.3 is 18.4 Å². The summed E-state index contributed by atoms with van der Waals surface area (Å²) in [6.07, 6.45) is -6.88. The maximum absolute atomic E-state index is 13.1. The predicted molar refractivity (Wildman–Crippen MR) is 142 cm³/mol. The van der Waals surface area contributed by atoms with Gasteiger partial charge in [-0.05, 0) is 55.2 Å². The molecule has 4 rings (SSSR count). The van der Waals surface area contributed by atoms with Gasteiger partial charge < -0.3 is 15.4 Å². The van der Waals surface area contributed by atoms with Crippen molar-refractivity contribution in [3.05, 3.63) is 59.7 Å². The Balaban J connectivity index is 1.47. The molecule has 1 saturated heterocycles. The Morgan fingerprint density at radius 1 is 0.952 bits per heavy atom. The second kappa shape index (κ2) is 12.7. The molecule has 2 heterocycles. The lowest BCUT2D eigenvalue weighted by molar-refractivity contribution is -0.154. The van der Waals surface area contributed by atoms with E-state index in [1.807, 2.05) is 6.92 Å². The number of aromatic nitrogens is 3. The van der Waals surface area contributed by atoms with Crippen LogP contribution < -0.4 is 15.4 Å². The van der Waals surface area contributed by atoms with Crippen molar-refractivity contribution in [3.8, 4) is 6.01 Å². The number of halogens is 6. The summed E-state index contributed by atoms with van der Waals surface area (Å²) in [6, 6.07) is 9.77. The third kappa shape index (κ3) is 8.44. The van der Waals surface area contributed by atoms with Gasteiger partial charge in [-0.3, -0.25) is 0 Å². The zero-order chi connectivity index (χ0) is 30.5. The van der Waals surface area contributed by atoms with E-state index in [2.05, 4.69) is 30.3 Å². The molecular weight excluding hydrogens is 590 g/mol. The summed E-state index contributed by atoms with van der Waals surface area (Å²) in [7, 11) is -3.73. The highest BCUT2D eigenvalue weighted by atomic mass is 32.2. The lowest BCUT2D eigenvalue weighted by atomic mass is 10.1. The predicted octanol–water partition coefficient (Wildman–Crippen LogP) is 5.79. The van der Waals surface area contributed by atoms with Gasteiger partial charge in [-0.25, -0.2) is 8.42 Å². The van der Waals surface area contributed by atoms with Crippen LogP contribution in [0.1, 0.15) is 37.3 Å². The average molecular weight is 619 g/mol. The number of anilines is 3. The van der Waals surface area contributed by atoms with E-state index in [4.69, 9.17) is 0 Å². The fraction of sp³-hybridized carbons (Fsp3) is 0.423. The summed E-state index contributed by atoms with van der Waals surface area (Å²) in [5.74, 6) is -0.542. The molecule has 9 nitrogen and oxygen atoms in total. The summed E-state index contributed by atoms with van der Waals surface area (Å²) in [5.41, 5.74) is 0.0225. The van der Waals surface area contributed by atoms with Crippen molar-refractivity contribution in [2.75, 3.05) is 30.3 Å². The molecule has 2 N–H and O–H groups in total. The Morgan fingerprint density at radius 2 is 1.62 bits per heavy atom. The number of aryl methyl sites for hydroxylation is 1. The first-order valence-electron chi connectivity index (χ1n) is 13.0. The highest BCUT2D eigenvalue weighted by Gasteiger charge is 2.32. The molecular formula is C26H28F6N6O3S.